The Morgan fingerprint density at radius 3 is 1.94 bits per heavy atom. The van der Waals surface area contributed by atoms with Gasteiger partial charge >= 0.3 is 11.9 Å². The summed E-state index contributed by atoms with van der Waals surface area (Å²) in [6.07, 6.45) is 5.82. The molecule has 100 valence electrons. The lowest BCUT2D eigenvalue weighted by atomic mass is 9.49. The molecule has 4 aliphatic carbocycles. The molecule has 4 rings (SSSR count). The molecule has 0 aromatic heterocycles. The van der Waals surface area contributed by atoms with E-state index in [0.717, 1.165) is 37.5 Å². The first-order chi connectivity index (χ1) is 8.60. The molecular weight excluding hydrogens is 232 g/mol. The van der Waals surface area contributed by atoms with E-state index in [1.807, 2.05) is 0 Å². The summed E-state index contributed by atoms with van der Waals surface area (Å²) in [6, 6.07) is 0. The molecule has 0 amide bonds. The first-order valence-electron chi connectivity index (χ1n) is 6.90. The van der Waals surface area contributed by atoms with Crippen LogP contribution in [0.1, 0.15) is 32.1 Å². The quantitative estimate of drug-likeness (QED) is 0.616. The van der Waals surface area contributed by atoms with Crippen LogP contribution in [0.4, 0.5) is 0 Å². The molecule has 4 bridgehead atoms. The number of hydrogen-bond donors (Lipinski definition) is 1. The molecule has 1 atom stereocenters. The molecule has 0 aromatic rings. The predicted octanol–water partition coefficient (Wildman–Crippen LogP) is 1.93. The van der Waals surface area contributed by atoms with Gasteiger partial charge < -0.3 is 9.84 Å². The highest BCUT2D eigenvalue weighted by molar-refractivity contribution is 5.94. The van der Waals surface area contributed by atoms with Gasteiger partial charge in [0.25, 0.3) is 0 Å². The minimum atomic E-state index is -1.00. The van der Waals surface area contributed by atoms with E-state index >= 15 is 0 Å². The Labute approximate surface area is 107 Å². The van der Waals surface area contributed by atoms with Crippen LogP contribution in [-0.2, 0) is 14.3 Å². The van der Waals surface area contributed by atoms with E-state index in [0.29, 0.717) is 11.8 Å². The lowest BCUT2D eigenvalue weighted by molar-refractivity contribution is -0.168. The van der Waals surface area contributed by atoms with Crippen molar-refractivity contribution in [3.05, 3.63) is 0 Å². The highest BCUT2D eigenvalue weighted by Crippen LogP contribution is 2.58. The van der Waals surface area contributed by atoms with Crippen LogP contribution in [0.25, 0.3) is 0 Å². The van der Waals surface area contributed by atoms with Crippen LogP contribution in [0.15, 0.2) is 0 Å². The number of methoxy groups -OCH3 is 1. The zero-order chi connectivity index (χ0) is 12.9. The molecule has 1 unspecified atom stereocenters. The molecule has 4 heteroatoms. The SMILES string of the molecule is COC(=O)C(C(=O)O)C1C2CC3CC(C2)CC1C3. The van der Waals surface area contributed by atoms with Gasteiger partial charge in [-0.1, -0.05) is 0 Å². The molecule has 4 saturated carbocycles. The Morgan fingerprint density at radius 2 is 1.56 bits per heavy atom. The number of carboxylic acid groups (broad SMARTS) is 1. The van der Waals surface area contributed by atoms with Gasteiger partial charge in [-0.05, 0) is 61.7 Å². The second-order valence-electron chi connectivity index (χ2n) is 6.35. The summed E-state index contributed by atoms with van der Waals surface area (Å²) in [6.45, 7) is 0. The van der Waals surface area contributed by atoms with Crippen molar-refractivity contribution in [3.63, 3.8) is 0 Å². The molecule has 4 nitrogen and oxygen atoms in total. The normalized spacial score (nSPS) is 42.6. The maximum absolute atomic E-state index is 11.8. The molecule has 0 heterocycles. The first kappa shape index (κ1) is 12.0. The van der Waals surface area contributed by atoms with Crippen LogP contribution in [0.2, 0.25) is 0 Å². The Morgan fingerprint density at radius 1 is 1.06 bits per heavy atom. The second-order valence-corrected chi connectivity index (χ2v) is 6.35. The second kappa shape index (κ2) is 4.25. The molecule has 0 aromatic carbocycles. The standard InChI is InChI=1S/C14H20O4/c1-18-14(17)12(13(15)16)11-9-3-7-2-8(5-9)6-10(11)4-7/h7-12H,2-6H2,1H3,(H,15,16). The van der Waals surface area contributed by atoms with Gasteiger partial charge in [0, 0.05) is 0 Å². The van der Waals surface area contributed by atoms with E-state index in [9.17, 15) is 14.7 Å². The fourth-order valence-corrected chi connectivity index (χ4v) is 5.06. The lowest BCUT2D eigenvalue weighted by Crippen LogP contribution is -2.51. The number of aliphatic carboxylic acids is 1. The van der Waals surface area contributed by atoms with Crippen molar-refractivity contribution >= 4 is 11.9 Å². The topological polar surface area (TPSA) is 63.6 Å². The van der Waals surface area contributed by atoms with Crippen molar-refractivity contribution < 1.29 is 19.4 Å². The maximum atomic E-state index is 11.8. The summed E-state index contributed by atoms with van der Waals surface area (Å²) in [7, 11) is 1.29. The average Bonchev–Trinajstić information content (AvgIpc) is 2.31. The van der Waals surface area contributed by atoms with Crippen molar-refractivity contribution in [2.45, 2.75) is 32.1 Å². The average molecular weight is 252 g/mol. The van der Waals surface area contributed by atoms with E-state index < -0.39 is 17.9 Å². The smallest absolute Gasteiger partial charge is 0.320 e. The number of hydrogen-bond acceptors (Lipinski definition) is 3. The zero-order valence-electron chi connectivity index (χ0n) is 10.7. The molecule has 0 spiro atoms. The van der Waals surface area contributed by atoms with E-state index in [2.05, 4.69) is 0 Å². The van der Waals surface area contributed by atoms with Crippen LogP contribution in [0.3, 0.4) is 0 Å². The Bertz CT molecular complexity index is 348. The van der Waals surface area contributed by atoms with E-state index in [1.165, 1.54) is 13.5 Å². The zero-order valence-corrected chi connectivity index (χ0v) is 10.7. The van der Waals surface area contributed by atoms with Gasteiger partial charge in [-0.3, -0.25) is 9.59 Å². The third-order valence-corrected chi connectivity index (χ3v) is 5.41. The Hall–Kier alpha value is -1.06. The summed E-state index contributed by atoms with van der Waals surface area (Å²) in [5.74, 6) is -0.0402. The van der Waals surface area contributed by atoms with E-state index in [1.54, 1.807) is 0 Å². The highest BCUT2D eigenvalue weighted by atomic mass is 16.5. The van der Waals surface area contributed by atoms with Gasteiger partial charge in [0.2, 0.25) is 0 Å². The molecule has 0 radical (unpaired) electrons. The fourth-order valence-electron chi connectivity index (χ4n) is 5.06. The minimum Gasteiger partial charge on any atom is -0.481 e. The van der Waals surface area contributed by atoms with Gasteiger partial charge in [0.05, 0.1) is 7.11 Å². The Kier molecular flexibility index (Phi) is 2.83. The first-order valence-corrected chi connectivity index (χ1v) is 6.90. The van der Waals surface area contributed by atoms with E-state index in [4.69, 9.17) is 4.74 Å². The number of esters is 1. The summed E-state index contributed by atoms with van der Waals surface area (Å²) < 4.78 is 4.71. The molecule has 0 saturated heterocycles. The molecule has 0 aliphatic heterocycles. The molecule has 4 aliphatic rings. The largest absolute Gasteiger partial charge is 0.481 e. The fraction of sp³-hybridized carbons (Fsp3) is 0.857. The van der Waals surface area contributed by atoms with Gasteiger partial charge in [0.1, 0.15) is 0 Å². The number of carbonyl (C=O) groups excluding carboxylic acids is 1. The van der Waals surface area contributed by atoms with Crippen molar-refractivity contribution in [3.8, 4) is 0 Å². The van der Waals surface area contributed by atoms with Crippen LogP contribution >= 0.6 is 0 Å². The molecule has 18 heavy (non-hydrogen) atoms. The Balaban J connectivity index is 1.86. The van der Waals surface area contributed by atoms with Gasteiger partial charge in [-0.25, -0.2) is 0 Å². The van der Waals surface area contributed by atoms with Gasteiger partial charge in [-0.15, -0.1) is 0 Å². The van der Waals surface area contributed by atoms with Crippen LogP contribution < -0.4 is 0 Å². The summed E-state index contributed by atoms with van der Waals surface area (Å²) in [5, 5.41) is 9.36. The summed E-state index contributed by atoms with van der Waals surface area (Å²) in [5.41, 5.74) is 0. The predicted molar refractivity (Wildman–Crippen MR) is 63.7 cm³/mol. The van der Waals surface area contributed by atoms with E-state index in [-0.39, 0.29) is 5.92 Å². The summed E-state index contributed by atoms with van der Waals surface area (Å²) in [4.78, 5) is 23.2. The number of carboxylic acids is 1. The van der Waals surface area contributed by atoms with Crippen LogP contribution in [0.5, 0.6) is 0 Å². The van der Waals surface area contributed by atoms with Crippen molar-refractivity contribution in [2.24, 2.45) is 35.5 Å². The number of carbonyl (C=O) groups is 2. The molecule has 1 N–H and O–H groups in total. The van der Waals surface area contributed by atoms with Crippen LogP contribution in [0, 0.1) is 35.5 Å². The highest BCUT2D eigenvalue weighted by Gasteiger charge is 2.54. The monoisotopic (exact) mass is 252 g/mol. The lowest BCUT2D eigenvalue weighted by Gasteiger charge is -2.55. The number of ether oxygens (including phenoxy) is 1. The number of rotatable bonds is 3. The summed E-state index contributed by atoms with van der Waals surface area (Å²) >= 11 is 0. The van der Waals surface area contributed by atoms with Crippen molar-refractivity contribution in [1.29, 1.82) is 0 Å². The third kappa shape index (κ3) is 1.73. The van der Waals surface area contributed by atoms with Crippen molar-refractivity contribution in [1.82, 2.24) is 0 Å². The van der Waals surface area contributed by atoms with Gasteiger partial charge in [-0.2, -0.15) is 0 Å². The van der Waals surface area contributed by atoms with Crippen molar-refractivity contribution in [2.75, 3.05) is 7.11 Å². The van der Waals surface area contributed by atoms with Crippen LogP contribution in [-0.4, -0.2) is 24.2 Å². The minimum absolute atomic E-state index is 0.0164. The maximum Gasteiger partial charge on any atom is 0.320 e. The third-order valence-electron chi connectivity index (χ3n) is 5.41. The van der Waals surface area contributed by atoms with Gasteiger partial charge in [0.15, 0.2) is 5.92 Å². The molecular formula is C14H20O4. The molecule has 4 fully saturated rings.